The first-order valence-electron chi connectivity index (χ1n) is 7.61. The minimum absolute atomic E-state index is 0.0589. The number of nitrogens with zero attached hydrogens (tertiary/aromatic N) is 2. The summed E-state index contributed by atoms with van der Waals surface area (Å²) in [6.07, 6.45) is 3.75. The molecule has 0 atom stereocenters. The van der Waals surface area contributed by atoms with Gasteiger partial charge in [-0.1, -0.05) is 29.8 Å². The first kappa shape index (κ1) is 18.6. The Morgan fingerprint density at radius 1 is 1.28 bits per heavy atom. The smallest absolute Gasteiger partial charge is 0.253 e. The number of benzene rings is 1. The van der Waals surface area contributed by atoms with Gasteiger partial charge in [0.1, 0.15) is 6.29 Å². The van der Waals surface area contributed by atoms with Crippen molar-refractivity contribution in [3.8, 4) is 0 Å². The summed E-state index contributed by atoms with van der Waals surface area (Å²) in [7, 11) is 0. The number of carbonyl (C=O) groups excluding carboxylic acids is 2. The molecule has 0 saturated heterocycles. The van der Waals surface area contributed by atoms with Crippen LogP contribution in [0, 0.1) is 10.1 Å². The van der Waals surface area contributed by atoms with Crippen molar-refractivity contribution in [1.29, 1.82) is 0 Å². The third kappa shape index (κ3) is 4.03. The van der Waals surface area contributed by atoms with Crippen LogP contribution in [-0.4, -0.2) is 23.7 Å². The molecule has 0 saturated carbocycles. The molecule has 0 aliphatic carbocycles. The fourth-order valence-corrected chi connectivity index (χ4v) is 2.74. The molecule has 0 unspecified atom stereocenters. The number of para-hydroxylation sites is 1. The Balaban J connectivity index is 2.41. The van der Waals surface area contributed by atoms with Gasteiger partial charge in [0.25, 0.3) is 5.91 Å². The van der Waals surface area contributed by atoms with Crippen molar-refractivity contribution in [2.24, 2.45) is 0 Å². The van der Waals surface area contributed by atoms with Crippen LogP contribution in [0.3, 0.4) is 0 Å². The lowest BCUT2D eigenvalue weighted by molar-refractivity contribution is -0.424. The van der Waals surface area contributed by atoms with E-state index in [1.165, 1.54) is 24.0 Å². The average molecular weight is 361 g/mol. The molecular weight excluding hydrogens is 344 g/mol. The van der Waals surface area contributed by atoms with Crippen molar-refractivity contribution in [3.05, 3.63) is 68.9 Å². The zero-order valence-electron chi connectivity index (χ0n) is 13.9. The van der Waals surface area contributed by atoms with E-state index in [-0.39, 0.29) is 11.6 Å². The van der Waals surface area contributed by atoms with Crippen LogP contribution in [0.1, 0.15) is 25.8 Å². The molecule has 0 radical (unpaired) electrons. The predicted molar refractivity (Wildman–Crippen MR) is 96.8 cm³/mol. The third-order valence-corrected chi connectivity index (χ3v) is 4.35. The lowest BCUT2D eigenvalue weighted by atomic mass is 10.1. The maximum atomic E-state index is 12.8. The third-order valence-electron chi connectivity index (χ3n) is 3.91. The van der Waals surface area contributed by atoms with Crippen LogP contribution >= 0.6 is 11.6 Å². The highest BCUT2D eigenvalue weighted by molar-refractivity contribution is 6.51. The molecule has 1 aromatic rings. The molecular formula is C18H17ClN2O4. The van der Waals surface area contributed by atoms with Crippen LogP contribution in [0.5, 0.6) is 0 Å². The number of allylic oxidation sites excluding steroid dienone is 3. The second kappa shape index (κ2) is 7.90. The summed E-state index contributed by atoms with van der Waals surface area (Å²) in [5, 5.41) is 11.0. The molecule has 1 heterocycles. The van der Waals surface area contributed by atoms with Crippen LogP contribution in [0.15, 0.2) is 53.3 Å². The molecule has 0 spiro atoms. The first-order valence-corrected chi connectivity index (χ1v) is 7.99. The summed E-state index contributed by atoms with van der Waals surface area (Å²) in [4.78, 5) is 35.7. The SMILES string of the molecule is C/C(=C\C=C(/C)[N+](=O)[O-])C(=O)N1CCC(C=O)=C(Cl)c2ccccc21. The van der Waals surface area contributed by atoms with Gasteiger partial charge in [0.15, 0.2) is 0 Å². The van der Waals surface area contributed by atoms with Gasteiger partial charge >= 0.3 is 0 Å². The summed E-state index contributed by atoms with van der Waals surface area (Å²) in [6, 6.07) is 7.08. The van der Waals surface area contributed by atoms with Crippen molar-refractivity contribution in [3.63, 3.8) is 0 Å². The zero-order chi connectivity index (χ0) is 18.6. The predicted octanol–water partition coefficient (Wildman–Crippen LogP) is 3.70. The topological polar surface area (TPSA) is 80.5 Å². The minimum Gasteiger partial charge on any atom is -0.308 e. The maximum absolute atomic E-state index is 12.8. The Bertz CT molecular complexity index is 824. The highest BCUT2D eigenvalue weighted by Gasteiger charge is 2.25. The van der Waals surface area contributed by atoms with Gasteiger partial charge in [-0.2, -0.15) is 0 Å². The Labute approximate surface area is 150 Å². The number of fused-ring (bicyclic) bond motifs is 1. The van der Waals surface area contributed by atoms with Gasteiger partial charge in [-0.15, -0.1) is 0 Å². The monoisotopic (exact) mass is 360 g/mol. The number of nitro groups is 1. The van der Waals surface area contributed by atoms with E-state index in [1.807, 2.05) is 0 Å². The van der Waals surface area contributed by atoms with Crippen LogP contribution in [-0.2, 0) is 9.59 Å². The van der Waals surface area contributed by atoms with E-state index in [9.17, 15) is 19.7 Å². The Morgan fingerprint density at radius 2 is 1.96 bits per heavy atom. The van der Waals surface area contributed by atoms with Gasteiger partial charge in [-0.05, 0) is 25.5 Å². The molecule has 1 amide bonds. The fourth-order valence-electron chi connectivity index (χ4n) is 2.44. The molecule has 0 N–H and O–H groups in total. The van der Waals surface area contributed by atoms with E-state index in [0.717, 1.165) is 0 Å². The number of rotatable bonds is 4. The van der Waals surface area contributed by atoms with Gasteiger partial charge < -0.3 is 4.90 Å². The molecule has 1 aromatic carbocycles. The van der Waals surface area contributed by atoms with Gasteiger partial charge in [0, 0.05) is 36.3 Å². The highest BCUT2D eigenvalue weighted by Crippen LogP contribution is 2.36. The minimum atomic E-state index is -0.518. The number of aldehydes is 1. The largest absolute Gasteiger partial charge is 0.308 e. The standard InChI is InChI=1S/C18H17ClN2O4/c1-12(7-8-13(2)21(24)25)18(23)20-10-9-14(11-22)17(19)15-5-3-4-6-16(15)20/h3-8,11H,9-10H2,1-2H3/b12-7+,13-8+. The highest BCUT2D eigenvalue weighted by atomic mass is 35.5. The summed E-state index contributed by atoms with van der Waals surface area (Å²) in [5.41, 5.74) is 1.95. The summed E-state index contributed by atoms with van der Waals surface area (Å²) >= 11 is 6.32. The summed E-state index contributed by atoms with van der Waals surface area (Å²) in [6.45, 7) is 3.24. The molecule has 25 heavy (non-hydrogen) atoms. The van der Waals surface area contributed by atoms with Gasteiger partial charge in [-0.25, -0.2) is 0 Å². The number of anilines is 1. The Morgan fingerprint density at radius 3 is 2.60 bits per heavy atom. The maximum Gasteiger partial charge on any atom is 0.253 e. The first-order chi connectivity index (χ1) is 11.9. The fraction of sp³-hybridized carbons (Fsp3) is 0.222. The van der Waals surface area contributed by atoms with Crippen molar-refractivity contribution >= 4 is 34.5 Å². The average Bonchev–Trinajstić information content (AvgIpc) is 2.75. The van der Waals surface area contributed by atoms with Crippen LogP contribution in [0.4, 0.5) is 5.69 Å². The van der Waals surface area contributed by atoms with Crippen molar-refractivity contribution in [2.45, 2.75) is 20.3 Å². The lowest BCUT2D eigenvalue weighted by Gasteiger charge is -2.23. The number of halogens is 1. The number of carbonyl (C=O) groups is 2. The number of amides is 1. The van der Waals surface area contributed by atoms with Crippen molar-refractivity contribution in [1.82, 2.24) is 0 Å². The van der Waals surface area contributed by atoms with E-state index in [2.05, 4.69) is 0 Å². The van der Waals surface area contributed by atoms with E-state index < -0.39 is 4.92 Å². The van der Waals surface area contributed by atoms with E-state index >= 15 is 0 Å². The molecule has 6 nitrogen and oxygen atoms in total. The lowest BCUT2D eigenvalue weighted by Crippen LogP contribution is -2.32. The van der Waals surface area contributed by atoms with E-state index in [0.29, 0.717) is 46.7 Å². The zero-order valence-corrected chi connectivity index (χ0v) is 14.6. The van der Waals surface area contributed by atoms with Crippen LogP contribution < -0.4 is 4.90 Å². The van der Waals surface area contributed by atoms with Crippen molar-refractivity contribution < 1.29 is 14.5 Å². The van der Waals surface area contributed by atoms with Gasteiger partial charge in [0.2, 0.25) is 5.70 Å². The Hall–Kier alpha value is -2.73. The molecule has 1 aliphatic heterocycles. The molecule has 1 aliphatic rings. The molecule has 7 heteroatoms. The van der Waals surface area contributed by atoms with Crippen LogP contribution in [0.2, 0.25) is 0 Å². The van der Waals surface area contributed by atoms with Gasteiger partial charge in [0.05, 0.1) is 15.6 Å². The second-order valence-electron chi connectivity index (χ2n) is 5.60. The number of hydrogen-bond donors (Lipinski definition) is 0. The summed E-state index contributed by atoms with van der Waals surface area (Å²) in [5.74, 6) is -0.295. The van der Waals surface area contributed by atoms with Crippen LogP contribution in [0.25, 0.3) is 5.03 Å². The normalized spacial score (nSPS) is 15.6. The molecule has 0 fully saturated rings. The Kier molecular flexibility index (Phi) is 5.88. The van der Waals surface area contributed by atoms with E-state index in [1.54, 1.807) is 31.2 Å². The van der Waals surface area contributed by atoms with Crippen molar-refractivity contribution in [2.75, 3.05) is 11.4 Å². The van der Waals surface area contributed by atoms with E-state index in [4.69, 9.17) is 11.6 Å². The molecule has 2 rings (SSSR count). The quantitative estimate of drug-likeness (QED) is 0.269. The molecule has 130 valence electrons. The summed E-state index contributed by atoms with van der Waals surface area (Å²) < 4.78 is 0. The molecule has 0 aromatic heterocycles. The number of hydrogen-bond acceptors (Lipinski definition) is 4. The second-order valence-corrected chi connectivity index (χ2v) is 5.97. The molecule has 0 bridgehead atoms. The van der Waals surface area contributed by atoms with Gasteiger partial charge in [-0.3, -0.25) is 19.7 Å².